The van der Waals surface area contributed by atoms with Gasteiger partial charge in [0.05, 0.1) is 18.2 Å². The molecule has 0 bridgehead atoms. The van der Waals surface area contributed by atoms with Crippen LogP contribution in [0.5, 0.6) is 0 Å². The molecular weight excluding hydrogens is 250 g/mol. The first-order valence-electron chi connectivity index (χ1n) is 8.04. The molecule has 1 N–H and O–H groups in total. The van der Waals surface area contributed by atoms with Gasteiger partial charge in [-0.05, 0) is 31.7 Å². The van der Waals surface area contributed by atoms with Crippen molar-refractivity contribution in [2.45, 2.75) is 52.7 Å². The molecule has 1 aromatic rings. The van der Waals surface area contributed by atoms with E-state index in [1.165, 1.54) is 18.5 Å². The molecule has 114 valence electrons. The number of nitrogens with one attached hydrogen (secondary N) is 1. The lowest BCUT2D eigenvalue weighted by Gasteiger charge is -2.32. The normalized spacial score (nSPS) is 23.4. The topological polar surface area (TPSA) is 39.1 Å². The van der Waals surface area contributed by atoms with Gasteiger partial charge in [-0.2, -0.15) is 0 Å². The van der Waals surface area contributed by atoms with Gasteiger partial charge in [-0.3, -0.25) is 0 Å². The molecule has 4 nitrogen and oxygen atoms in total. The minimum Gasteiger partial charge on any atom is -0.372 e. The maximum absolute atomic E-state index is 6.08. The van der Waals surface area contributed by atoms with Crippen LogP contribution in [-0.4, -0.2) is 29.2 Å². The summed E-state index contributed by atoms with van der Waals surface area (Å²) >= 11 is 0. The van der Waals surface area contributed by atoms with E-state index in [0.29, 0.717) is 11.8 Å². The minimum absolute atomic E-state index is 0.206. The van der Waals surface area contributed by atoms with Crippen LogP contribution in [0.1, 0.15) is 51.8 Å². The van der Waals surface area contributed by atoms with Crippen molar-refractivity contribution in [3.8, 4) is 0 Å². The van der Waals surface area contributed by atoms with E-state index in [0.717, 1.165) is 32.7 Å². The molecule has 0 saturated carbocycles. The second-order valence-electron chi connectivity index (χ2n) is 6.26. The summed E-state index contributed by atoms with van der Waals surface area (Å²) in [6.07, 6.45) is 7.68. The van der Waals surface area contributed by atoms with Gasteiger partial charge in [-0.15, -0.1) is 0 Å². The lowest BCUT2D eigenvalue weighted by atomic mass is 9.92. The molecule has 2 atom stereocenters. The van der Waals surface area contributed by atoms with Gasteiger partial charge in [0.1, 0.15) is 6.10 Å². The molecule has 0 radical (unpaired) electrons. The maximum atomic E-state index is 6.08. The summed E-state index contributed by atoms with van der Waals surface area (Å²) in [6, 6.07) is 0. The van der Waals surface area contributed by atoms with Crippen LogP contribution in [-0.2, 0) is 11.3 Å². The molecule has 1 fully saturated rings. The van der Waals surface area contributed by atoms with Crippen LogP contribution >= 0.6 is 0 Å². The predicted molar refractivity (Wildman–Crippen MR) is 81.6 cm³/mol. The maximum Gasteiger partial charge on any atom is 0.103 e. The van der Waals surface area contributed by atoms with Gasteiger partial charge in [0.15, 0.2) is 0 Å². The first kappa shape index (κ1) is 15.5. The number of imidazole rings is 1. The molecule has 1 aromatic heterocycles. The van der Waals surface area contributed by atoms with Crippen molar-refractivity contribution in [2.24, 2.45) is 11.8 Å². The summed E-state index contributed by atoms with van der Waals surface area (Å²) in [5, 5.41) is 3.59. The number of hydrogen-bond donors (Lipinski definition) is 1. The summed E-state index contributed by atoms with van der Waals surface area (Å²) in [5.41, 5.74) is 1.25. The lowest BCUT2D eigenvalue weighted by molar-refractivity contribution is -0.0323. The van der Waals surface area contributed by atoms with Gasteiger partial charge in [0.25, 0.3) is 0 Å². The van der Waals surface area contributed by atoms with E-state index in [1.54, 1.807) is 0 Å². The molecule has 0 amide bonds. The van der Waals surface area contributed by atoms with E-state index in [-0.39, 0.29) is 6.10 Å². The largest absolute Gasteiger partial charge is 0.372 e. The van der Waals surface area contributed by atoms with Crippen LogP contribution < -0.4 is 5.32 Å². The number of hydrogen-bond acceptors (Lipinski definition) is 3. The molecule has 0 aromatic carbocycles. The molecule has 1 saturated heterocycles. The highest BCUT2D eigenvalue weighted by atomic mass is 16.5. The Kier molecular flexibility index (Phi) is 6.05. The Morgan fingerprint density at radius 1 is 1.50 bits per heavy atom. The van der Waals surface area contributed by atoms with E-state index in [1.807, 2.05) is 12.5 Å². The third kappa shape index (κ3) is 4.06. The summed E-state index contributed by atoms with van der Waals surface area (Å²) in [5.74, 6) is 1.26. The molecular formula is C16H29N3O. The Morgan fingerprint density at radius 3 is 3.10 bits per heavy atom. The summed E-state index contributed by atoms with van der Waals surface area (Å²) in [7, 11) is 0. The highest BCUT2D eigenvalue weighted by molar-refractivity contribution is 5.06. The monoisotopic (exact) mass is 279 g/mol. The molecule has 2 unspecified atom stereocenters. The first-order chi connectivity index (χ1) is 9.72. The molecule has 4 heteroatoms. The minimum atomic E-state index is 0.206. The Hall–Kier alpha value is -0.870. The Bertz CT molecular complexity index is 389. The molecule has 1 aliphatic rings. The fourth-order valence-electron chi connectivity index (χ4n) is 2.93. The van der Waals surface area contributed by atoms with Crippen molar-refractivity contribution < 1.29 is 4.74 Å². The van der Waals surface area contributed by atoms with Crippen molar-refractivity contribution in [1.82, 2.24) is 14.9 Å². The fraction of sp³-hybridized carbons (Fsp3) is 0.812. The van der Waals surface area contributed by atoms with Gasteiger partial charge < -0.3 is 14.6 Å². The quantitative estimate of drug-likeness (QED) is 0.834. The first-order valence-corrected chi connectivity index (χ1v) is 8.04. The second-order valence-corrected chi connectivity index (χ2v) is 6.26. The Balaban J connectivity index is 2.00. The zero-order chi connectivity index (χ0) is 14.4. The standard InChI is InChI=1S/C16H29N3O/c1-4-7-19-12-18-11-15(19)16-14(6-5-8-20-16)10-17-9-13(2)3/h11-14,16-17H,4-10H2,1-3H3. The zero-order valence-corrected chi connectivity index (χ0v) is 13.1. The second kappa shape index (κ2) is 7.79. The van der Waals surface area contributed by atoms with E-state index in [2.05, 4.69) is 35.6 Å². The molecule has 20 heavy (non-hydrogen) atoms. The van der Waals surface area contributed by atoms with Gasteiger partial charge in [-0.25, -0.2) is 4.98 Å². The van der Waals surface area contributed by atoms with E-state index in [9.17, 15) is 0 Å². The lowest BCUT2D eigenvalue weighted by Crippen LogP contribution is -2.34. The third-order valence-electron chi connectivity index (χ3n) is 3.90. The van der Waals surface area contributed by atoms with Gasteiger partial charge >= 0.3 is 0 Å². The molecule has 1 aliphatic heterocycles. The molecule has 0 spiro atoms. The molecule has 2 rings (SSSR count). The Morgan fingerprint density at radius 2 is 2.35 bits per heavy atom. The van der Waals surface area contributed by atoms with Crippen LogP contribution in [0.3, 0.4) is 0 Å². The predicted octanol–water partition coefficient (Wildman–Crippen LogP) is 3.01. The van der Waals surface area contributed by atoms with E-state index < -0.39 is 0 Å². The van der Waals surface area contributed by atoms with Crippen LogP contribution in [0, 0.1) is 11.8 Å². The highest BCUT2D eigenvalue weighted by Crippen LogP contribution is 2.33. The van der Waals surface area contributed by atoms with Crippen molar-refractivity contribution >= 4 is 0 Å². The van der Waals surface area contributed by atoms with Crippen LogP contribution in [0.25, 0.3) is 0 Å². The van der Waals surface area contributed by atoms with Gasteiger partial charge in [0, 0.05) is 25.6 Å². The summed E-state index contributed by atoms with van der Waals surface area (Å²) in [4.78, 5) is 4.32. The van der Waals surface area contributed by atoms with Gasteiger partial charge in [-0.1, -0.05) is 20.8 Å². The average molecular weight is 279 g/mol. The highest BCUT2D eigenvalue weighted by Gasteiger charge is 2.29. The van der Waals surface area contributed by atoms with E-state index in [4.69, 9.17) is 4.74 Å². The van der Waals surface area contributed by atoms with Crippen LogP contribution in [0.15, 0.2) is 12.5 Å². The Labute approximate surface area is 122 Å². The fourth-order valence-corrected chi connectivity index (χ4v) is 2.93. The van der Waals surface area contributed by atoms with Gasteiger partial charge in [0.2, 0.25) is 0 Å². The number of nitrogens with zero attached hydrogens (tertiary/aromatic N) is 2. The number of ether oxygens (including phenoxy) is 1. The van der Waals surface area contributed by atoms with Crippen LogP contribution in [0.4, 0.5) is 0 Å². The summed E-state index contributed by atoms with van der Waals surface area (Å²) in [6.45, 7) is 10.7. The number of aromatic nitrogens is 2. The number of rotatable bonds is 7. The van der Waals surface area contributed by atoms with Crippen molar-refractivity contribution in [3.05, 3.63) is 18.2 Å². The van der Waals surface area contributed by atoms with Crippen molar-refractivity contribution in [1.29, 1.82) is 0 Å². The SMILES string of the molecule is CCCn1cncc1C1OCCCC1CNCC(C)C. The van der Waals surface area contributed by atoms with Crippen molar-refractivity contribution in [3.63, 3.8) is 0 Å². The van der Waals surface area contributed by atoms with Crippen LogP contribution in [0.2, 0.25) is 0 Å². The number of aryl methyl sites for hydroxylation is 1. The summed E-state index contributed by atoms with van der Waals surface area (Å²) < 4.78 is 8.33. The van der Waals surface area contributed by atoms with E-state index >= 15 is 0 Å². The third-order valence-corrected chi connectivity index (χ3v) is 3.90. The zero-order valence-electron chi connectivity index (χ0n) is 13.1. The average Bonchev–Trinajstić information content (AvgIpc) is 2.87. The molecule has 0 aliphatic carbocycles. The smallest absolute Gasteiger partial charge is 0.103 e. The van der Waals surface area contributed by atoms with Crippen molar-refractivity contribution in [2.75, 3.05) is 19.7 Å². The molecule has 2 heterocycles.